The van der Waals surface area contributed by atoms with Crippen molar-refractivity contribution in [3.05, 3.63) is 33.8 Å². The lowest BCUT2D eigenvalue weighted by molar-refractivity contribution is 0.0695. The third-order valence-corrected chi connectivity index (χ3v) is 2.19. The summed E-state index contributed by atoms with van der Waals surface area (Å²) in [5.74, 6) is -2.46. The molecule has 1 rings (SSSR count). The first-order chi connectivity index (χ1) is 6.45. The Balaban J connectivity index is 3.49. The molecule has 1 aromatic carbocycles. The topological polar surface area (TPSA) is 74.6 Å². The number of benzene rings is 1. The van der Waals surface area contributed by atoms with Gasteiger partial charge in [-0.1, -0.05) is 17.7 Å². The summed E-state index contributed by atoms with van der Waals surface area (Å²) in [5.41, 5.74) is 0.0775. The molecular weight excluding hydrogens is 208 g/mol. The van der Waals surface area contributed by atoms with E-state index >= 15 is 0 Å². The van der Waals surface area contributed by atoms with Crippen LogP contribution in [0.15, 0.2) is 12.1 Å². The van der Waals surface area contributed by atoms with Gasteiger partial charge in [-0.05, 0) is 18.6 Å². The smallest absolute Gasteiger partial charge is 0.337 e. The fourth-order valence-corrected chi connectivity index (χ4v) is 1.47. The maximum absolute atomic E-state index is 10.7. The summed E-state index contributed by atoms with van der Waals surface area (Å²) >= 11 is 5.64. The third-order valence-electron chi connectivity index (χ3n) is 1.79. The molecule has 0 spiro atoms. The van der Waals surface area contributed by atoms with E-state index in [-0.39, 0.29) is 16.1 Å². The first-order valence-electron chi connectivity index (χ1n) is 3.71. The number of carboxylic acid groups (broad SMARTS) is 2. The molecule has 74 valence electrons. The number of carbonyl (C=O) groups is 2. The highest BCUT2D eigenvalue weighted by molar-refractivity contribution is 6.36. The Morgan fingerprint density at radius 3 is 2.21 bits per heavy atom. The molecule has 0 aromatic heterocycles. The predicted octanol–water partition coefficient (Wildman–Crippen LogP) is 2.04. The van der Waals surface area contributed by atoms with E-state index in [4.69, 9.17) is 21.8 Å². The van der Waals surface area contributed by atoms with E-state index in [1.165, 1.54) is 12.1 Å². The second-order valence-electron chi connectivity index (χ2n) is 2.73. The average molecular weight is 215 g/mol. The van der Waals surface area contributed by atoms with Crippen molar-refractivity contribution in [2.45, 2.75) is 6.92 Å². The summed E-state index contributed by atoms with van der Waals surface area (Å²) in [6, 6.07) is 2.70. The minimum absolute atomic E-state index is 0.161. The number of carboxylic acids is 2. The second-order valence-corrected chi connectivity index (χ2v) is 3.11. The summed E-state index contributed by atoms with van der Waals surface area (Å²) < 4.78 is 0. The van der Waals surface area contributed by atoms with Gasteiger partial charge < -0.3 is 10.2 Å². The van der Waals surface area contributed by atoms with Gasteiger partial charge in [-0.2, -0.15) is 0 Å². The molecule has 2 N–H and O–H groups in total. The summed E-state index contributed by atoms with van der Waals surface area (Å²) in [7, 11) is 0. The van der Waals surface area contributed by atoms with Gasteiger partial charge in [0.1, 0.15) is 0 Å². The Bertz CT molecular complexity index is 412. The lowest BCUT2D eigenvalue weighted by Gasteiger charge is -2.05. The summed E-state index contributed by atoms with van der Waals surface area (Å²) in [6.07, 6.45) is 0. The minimum Gasteiger partial charge on any atom is -0.478 e. The van der Waals surface area contributed by atoms with Gasteiger partial charge in [-0.3, -0.25) is 0 Å². The first-order valence-corrected chi connectivity index (χ1v) is 4.08. The predicted molar refractivity (Wildman–Crippen MR) is 50.1 cm³/mol. The van der Waals surface area contributed by atoms with E-state index in [9.17, 15) is 9.59 Å². The standard InChI is InChI=1S/C9H7ClO4/c1-4-2-3-5(8(11)12)7(10)6(4)9(13)14/h2-3H,1H3,(H,11,12)(H,13,14). The van der Waals surface area contributed by atoms with Gasteiger partial charge in [-0.25, -0.2) is 9.59 Å². The van der Waals surface area contributed by atoms with Gasteiger partial charge in [0.2, 0.25) is 0 Å². The Kier molecular flexibility index (Phi) is 2.76. The van der Waals surface area contributed by atoms with Gasteiger partial charge in [0.15, 0.2) is 0 Å². The van der Waals surface area contributed by atoms with Crippen molar-refractivity contribution in [2.75, 3.05) is 0 Å². The van der Waals surface area contributed by atoms with Crippen LogP contribution in [0.3, 0.4) is 0 Å². The number of aryl methyl sites for hydroxylation is 1. The third kappa shape index (κ3) is 1.70. The van der Waals surface area contributed by atoms with Gasteiger partial charge in [0.05, 0.1) is 16.1 Å². The minimum atomic E-state index is -1.24. The number of halogens is 1. The van der Waals surface area contributed by atoms with E-state index in [0.29, 0.717) is 5.56 Å². The van der Waals surface area contributed by atoms with Crippen LogP contribution in [0.1, 0.15) is 26.3 Å². The molecule has 0 aliphatic heterocycles. The molecule has 0 atom stereocenters. The van der Waals surface area contributed by atoms with Crippen LogP contribution in [0.5, 0.6) is 0 Å². The molecule has 4 nitrogen and oxygen atoms in total. The molecule has 0 bridgehead atoms. The van der Waals surface area contributed by atoms with Crippen molar-refractivity contribution >= 4 is 23.5 Å². The maximum Gasteiger partial charge on any atom is 0.337 e. The van der Waals surface area contributed by atoms with E-state index in [1.807, 2.05) is 0 Å². The van der Waals surface area contributed by atoms with Crippen molar-refractivity contribution in [2.24, 2.45) is 0 Å². The van der Waals surface area contributed by atoms with Crippen molar-refractivity contribution in [1.82, 2.24) is 0 Å². The monoisotopic (exact) mass is 214 g/mol. The fraction of sp³-hybridized carbons (Fsp3) is 0.111. The lowest BCUT2D eigenvalue weighted by Crippen LogP contribution is -2.06. The van der Waals surface area contributed by atoms with E-state index in [2.05, 4.69) is 0 Å². The van der Waals surface area contributed by atoms with Crippen LogP contribution in [0, 0.1) is 6.92 Å². The van der Waals surface area contributed by atoms with Gasteiger partial charge in [0, 0.05) is 0 Å². The average Bonchev–Trinajstić information content (AvgIpc) is 2.02. The number of hydrogen-bond acceptors (Lipinski definition) is 2. The van der Waals surface area contributed by atoms with Gasteiger partial charge in [-0.15, -0.1) is 0 Å². The zero-order valence-corrected chi connectivity index (χ0v) is 8.00. The Hall–Kier alpha value is -1.55. The molecule has 0 heterocycles. The largest absolute Gasteiger partial charge is 0.478 e. The van der Waals surface area contributed by atoms with Crippen LogP contribution in [0.4, 0.5) is 0 Å². The Labute approximate surface area is 84.7 Å². The van der Waals surface area contributed by atoms with Crippen molar-refractivity contribution in [3.8, 4) is 0 Å². The number of rotatable bonds is 2. The molecule has 0 aliphatic rings. The van der Waals surface area contributed by atoms with Crippen LogP contribution in [0.25, 0.3) is 0 Å². The molecule has 14 heavy (non-hydrogen) atoms. The number of aromatic carboxylic acids is 2. The highest BCUT2D eigenvalue weighted by Crippen LogP contribution is 2.24. The zero-order chi connectivity index (χ0) is 10.9. The summed E-state index contributed by atoms with van der Waals surface area (Å²) in [5, 5.41) is 17.2. The molecule has 0 saturated carbocycles. The normalized spacial score (nSPS) is 9.86. The maximum atomic E-state index is 10.7. The highest BCUT2D eigenvalue weighted by atomic mass is 35.5. The van der Waals surface area contributed by atoms with Crippen LogP contribution < -0.4 is 0 Å². The van der Waals surface area contributed by atoms with Crippen LogP contribution >= 0.6 is 11.6 Å². The van der Waals surface area contributed by atoms with Crippen LogP contribution in [-0.4, -0.2) is 22.2 Å². The highest BCUT2D eigenvalue weighted by Gasteiger charge is 2.18. The quantitative estimate of drug-likeness (QED) is 0.790. The molecule has 0 radical (unpaired) electrons. The van der Waals surface area contributed by atoms with Gasteiger partial charge >= 0.3 is 11.9 Å². The molecular formula is C9H7ClO4. The van der Waals surface area contributed by atoms with Gasteiger partial charge in [0.25, 0.3) is 0 Å². The lowest BCUT2D eigenvalue weighted by atomic mass is 10.1. The molecule has 0 fully saturated rings. The Morgan fingerprint density at radius 2 is 1.79 bits per heavy atom. The molecule has 0 amide bonds. The van der Waals surface area contributed by atoms with E-state index in [1.54, 1.807) is 6.92 Å². The second kappa shape index (κ2) is 3.67. The SMILES string of the molecule is Cc1ccc(C(=O)O)c(Cl)c1C(=O)O. The Morgan fingerprint density at radius 1 is 1.21 bits per heavy atom. The van der Waals surface area contributed by atoms with Crippen LogP contribution in [0.2, 0.25) is 5.02 Å². The van der Waals surface area contributed by atoms with E-state index < -0.39 is 11.9 Å². The van der Waals surface area contributed by atoms with Crippen molar-refractivity contribution in [3.63, 3.8) is 0 Å². The molecule has 1 aromatic rings. The molecule has 0 unspecified atom stereocenters. The van der Waals surface area contributed by atoms with Crippen molar-refractivity contribution in [1.29, 1.82) is 0 Å². The van der Waals surface area contributed by atoms with Crippen LogP contribution in [-0.2, 0) is 0 Å². The first kappa shape index (κ1) is 10.5. The summed E-state index contributed by atoms with van der Waals surface area (Å²) in [6.45, 7) is 1.56. The van der Waals surface area contributed by atoms with E-state index in [0.717, 1.165) is 0 Å². The zero-order valence-electron chi connectivity index (χ0n) is 7.24. The number of hydrogen-bond donors (Lipinski definition) is 2. The molecule has 0 aliphatic carbocycles. The molecule has 5 heteroatoms. The molecule has 0 saturated heterocycles. The van der Waals surface area contributed by atoms with Crippen molar-refractivity contribution < 1.29 is 19.8 Å². The fourth-order valence-electron chi connectivity index (χ4n) is 1.10. The summed E-state index contributed by atoms with van der Waals surface area (Å²) in [4.78, 5) is 21.4.